The van der Waals surface area contributed by atoms with E-state index in [4.69, 9.17) is 5.11 Å². The number of benzene rings is 1. The molecule has 0 aliphatic carbocycles. The fourth-order valence-electron chi connectivity index (χ4n) is 2.71. The maximum atomic E-state index is 12.9. The van der Waals surface area contributed by atoms with Gasteiger partial charge in [0, 0.05) is 12.6 Å². The van der Waals surface area contributed by atoms with Gasteiger partial charge in [-0.05, 0) is 31.5 Å². The van der Waals surface area contributed by atoms with Crippen LogP contribution >= 0.6 is 0 Å². The molecule has 1 aliphatic rings. The van der Waals surface area contributed by atoms with Crippen LogP contribution in [0.3, 0.4) is 0 Å². The molecular formula is C14H16F3NO2. The summed E-state index contributed by atoms with van der Waals surface area (Å²) in [5.74, 6) is -1.39. The number of rotatable bonds is 3. The third-order valence-electron chi connectivity index (χ3n) is 3.90. The van der Waals surface area contributed by atoms with E-state index >= 15 is 0 Å². The molecule has 1 saturated heterocycles. The van der Waals surface area contributed by atoms with Crippen LogP contribution < -0.4 is 0 Å². The van der Waals surface area contributed by atoms with Gasteiger partial charge in [0.05, 0.1) is 11.5 Å². The van der Waals surface area contributed by atoms with Crippen LogP contribution in [0.1, 0.15) is 24.5 Å². The zero-order valence-corrected chi connectivity index (χ0v) is 11.0. The van der Waals surface area contributed by atoms with Crippen molar-refractivity contribution in [2.75, 3.05) is 6.54 Å². The van der Waals surface area contributed by atoms with Crippen molar-refractivity contribution in [1.82, 2.24) is 4.90 Å². The van der Waals surface area contributed by atoms with E-state index in [0.29, 0.717) is 13.0 Å². The van der Waals surface area contributed by atoms with Gasteiger partial charge in [-0.15, -0.1) is 0 Å². The van der Waals surface area contributed by atoms with Crippen LogP contribution in [0.15, 0.2) is 24.3 Å². The number of hydrogen-bond acceptors (Lipinski definition) is 2. The number of alkyl halides is 3. The van der Waals surface area contributed by atoms with Crippen molar-refractivity contribution in [2.24, 2.45) is 5.92 Å². The molecule has 6 heteroatoms. The summed E-state index contributed by atoms with van der Waals surface area (Å²) in [5, 5.41) is 9.04. The largest absolute Gasteiger partial charge is 0.481 e. The van der Waals surface area contributed by atoms with Gasteiger partial charge in [0.25, 0.3) is 0 Å². The standard InChI is InChI=1S/C14H16F3NO2/c1-9-11(13(19)20)6-7-18(9)8-10-4-2-3-5-12(10)14(15,16)17/h2-5,9,11H,6-8H2,1H3,(H,19,20). The van der Waals surface area contributed by atoms with Crippen molar-refractivity contribution in [3.05, 3.63) is 35.4 Å². The molecule has 1 aromatic carbocycles. The van der Waals surface area contributed by atoms with E-state index in [1.807, 2.05) is 0 Å². The van der Waals surface area contributed by atoms with Gasteiger partial charge in [0.2, 0.25) is 0 Å². The van der Waals surface area contributed by atoms with Crippen molar-refractivity contribution in [3.8, 4) is 0 Å². The molecule has 3 nitrogen and oxygen atoms in total. The zero-order chi connectivity index (χ0) is 14.9. The first-order valence-corrected chi connectivity index (χ1v) is 6.42. The lowest BCUT2D eigenvalue weighted by atomic mass is 10.0. The molecule has 110 valence electrons. The summed E-state index contributed by atoms with van der Waals surface area (Å²) >= 11 is 0. The van der Waals surface area contributed by atoms with Crippen molar-refractivity contribution < 1.29 is 23.1 Å². The van der Waals surface area contributed by atoms with Crippen LogP contribution in [0.5, 0.6) is 0 Å². The highest BCUT2D eigenvalue weighted by atomic mass is 19.4. The highest BCUT2D eigenvalue weighted by Gasteiger charge is 2.38. The van der Waals surface area contributed by atoms with Gasteiger partial charge in [-0.3, -0.25) is 9.69 Å². The average Bonchev–Trinajstić information content (AvgIpc) is 2.70. The number of carboxylic acid groups (broad SMARTS) is 1. The van der Waals surface area contributed by atoms with E-state index in [1.54, 1.807) is 17.9 Å². The summed E-state index contributed by atoms with van der Waals surface area (Å²) in [5.41, 5.74) is -0.455. The second kappa shape index (κ2) is 5.44. The van der Waals surface area contributed by atoms with Gasteiger partial charge >= 0.3 is 12.1 Å². The Kier molecular flexibility index (Phi) is 4.04. The number of hydrogen-bond donors (Lipinski definition) is 1. The molecule has 2 rings (SSSR count). The van der Waals surface area contributed by atoms with Crippen LogP contribution in [-0.4, -0.2) is 28.6 Å². The topological polar surface area (TPSA) is 40.5 Å². The quantitative estimate of drug-likeness (QED) is 0.929. The fourth-order valence-corrected chi connectivity index (χ4v) is 2.71. The van der Waals surface area contributed by atoms with Crippen LogP contribution in [0.4, 0.5) is 13.2 Å². The summed E-state index contributed by atoms with van der Waals surface area (Å²) in [6, 6.07) is 5.18. The Morgan fingerprint density at radius 1 is 1.40 bits per heavy atom. The molecule has 0 radical (unpaired) electrons. The third-order valence-corrected chi connectivity index (χ3v) is 3.90. The molecule has 1 aromatic rings. The molecule has 2 atom stereocenters. The third kappa shape index (κ3) is 2.95. The van der Waals surface area contributed by atoms with E-state index < -0.39 is 23.6 Å². The summed E-state index contributed by atoms with van der Waals surface area (Å²) < 4.78 is 38.7. The van der Waals surface area contributed by atoms with Crippen molar-refractivity contribution >= 4 is 5.97 Å². The first kappa shape index (κ1) is 14.8. The Bertz CT molecular complexity index is 501. The normalized spacial score (nSPS) is 24.0. The van der Waals surface area contributed by atoms with Crippen molar-refractivity contribution in [1.29, 1.82) is 0 Å². The van der Waals surface area contributed by atoms with Crippen molar-refractivity contribution in [3.63, 3.8) is 0 Å². The summed E-state index contributed by atoms with van der Waals surface area (Å²) in [6.45, 7) is 2.38. The molecule has 1 heterocycles. The molecule has 0 spiro atoms. The van der Waals surface area contributed by atoms with Gasteiger partial charge in [0.15, 0.2) is 0 Å². The highest BCUT2D eigenvalue weighted by Crippen LogP contribution is 2.34. The molecular weight excluding hydrogens is 271 g/mol. The van der Waals surface area contributed by atoms with Gasteiger partial charge in [-0.25, -0.2) is 0 Å². The van der Waals surface area contributed by atoms with E-state index in [9.17, 15) is 18.0 Å². The van der Waals surface area contributed by atoms with E-state index in [-0.39, 0.29) is 18.2 Å². The second-order valence-electron chi connectivity index (χ2n) is 5.10. The monoisotopic (exact) mass is 287 g/mol. The Balaban J connectivity index is 2.18. The minimum atomic E-state index is -4.38. The van der Waals surface area contributed by atoms with Crippen LogP contribution in [-0.2, 0) is 17.5 Å². The SMILES string of the molecule is CC1C(C(=O)O)CCN1Cc1ccccc1C(F)(F)F. The molecule has 20 heavy (non-hydrogen) atoms. The van der Waals surface area contributed by atoms with Gasteiger partial charge < -0.3 is 5.11 Å². The Hall–Kier alpha value is -1.56. The molecule has 1 N–H and O–H groups in total. The first-order valence-electron chi connectivity index (χ1n) is 6.42. The van der Waals surface area contributed by atoms with Gasteiger partial charge in [0.1, 0.15) is 0 Å². The first-order chi connectivity index (χ1) is 9.30. The maximum Gasteiger partial charge on any atom is 0.416 e. The molecule has 2 unspecified atom stereocenters. The zero-order valence-electron chi connectivity index (χ0n) is 11.0. The summed E-state index contributed by atoms with van der Waals surface area (Å²) in [6.07, 6.45) is -3.91. The van der Waals surface area contributed by atoms with E-state index in [1.165, 1.54) is 12.1 Å². The van der Waals surface area contributed by atoms with Crippen LogP contribution in [0.2, 0.25) is 0 Å². The van der Waals surface area contributed by atoms with E-state index in [0.717, 1.165) is 6.07 Å². The number of nitrogens with zero attached hydrogens (tertiary/aromatic N) is 1. The predicted octanol–water partition coefficient (Wildman–Crippen LogP) is 3.00. The molecule has 1 aliphatic heterocycles. The molecule has 0 bridgehead atoms. The maximum absolute atomic E-state index is 12.9. The molecule has 0 amide bonds. The minimum absolute atomic E-state index is 0.126. The highest BCUT2D eigenvalue weighted by molar-refractivity contribution is 5.71. The lowest BCUT2D eigenvalue weighted by Gasteiger charge is -2.24. The van der Waals surface area contributed by atoms with Gasteiger partial charge in [-0.2, -0.15) is 13.2 Å². The number of likely N-dealkylation sites (tertiary alicyclic amines) is 1. The van der Waals surface area contributed by atoms with E-state index in [2.05, 4.69) is 0 Å². The number of aliphatic carboxylic acids is 1. The molecule has 1 fully saturated rings. The van der Waals surface area contributed by atoms with Crippen LogP contribution in [0, 0.1) is 5.92 Å². The Morgan fingerprint density at radius 3 is 2.60 bits per heavy atom. The number of halogens is 3. The van der Waals surface area contributed by atoms with Gasteiger partial charge in [-0.1, -0.05) is 18.2 Å². The molecule has 0 saturated carbocycles. The minimum Gasteiger partial charge on any atom is -0.481 e. The van der Waals surface area contributed by atoms with Crippen molar-refractivity contribution in [2.45, 2.75) is 32.1 Å². The fraction of sp³-hybridized carbons (Fsp3) is 0.500. The lowest BCUT2D eigenvalue weighted by Crippen LogP contribution is -2.33. The molecule has 0 aromatic heterocycles. The average molecular weight is 287 g/mol. The smallest absolute Gasteiger partial charge is 0.416 e. The second-order valence-corrected chi connectivity index (χ2v) is 5.10. The summed E-state index contributed by atoms with van der Waals surface area (Å²) in [7, 11) is 0. The number of carboxylic acids is 1. The number of carbonyl (C=O) groups is 1. The lowest BCUT2D eigenvalue weighted by molar-refractivity contribution is -0.142. The van der Waals surface area contributed by atoms with Crippen LogP contribution in [0.25, 0.3) is 0 Å². The summed E-state index contributed by atoms with van der Waals surface area (Å²) in [4.78, 5) is 12.8. The Morgan fingerprint density at radius 2 is 2.05 bits per heavy atom. The predicted molar refractivity (Wildman–Crippen MR) is 67.1 cm³/mol. The Labute approximate surface area is 115 Å².